The number of hydrogen-bond acceptors (Lipinski definition) is 2. The molecule has 138 valence electrons. The molecule has 5 nitrogen and oxygen atoms in total. The topological polar surface area (TPSA) is 45.6 Å². The average molecular weight is 365 g/mol. The Balaban J connectivity index is 1.46. The summed E-state index contributed by atoms with van der Waals surface area (Å²) in [4.78, 5) is 29.0. The minimum absolute atomic E-state index is 0.0133. The standard InChI is InChI=1S/C21H20FN3O2/c1-23-14-18(17-4-2-3-5-19(17)23)21(27)25-12-10-24(11-13-25)20(26)15-6-8-16(22)9-7-15/h2-9,14H,10-13H2,1H3. The van der Waals surface area contributed by atoms with Gasteiger partial charge in [0.15, 0.2) is 0 Å². The average Bonchev–Trinajstić information content (AvgIpc) is 3.05. The van der Waals surface area contributed by atoms with Crippen LogP contribution >= 0.6 is 0 Å². The predicted octanol–water partition coefficient (Wildman–Crippen LogP) is 2.92. The Morgan fingerprint density at radius 3 is 2.11 bits per heavy atom. The molecule has 4 rings (SSSR count). The fourth-order valence-corrected chi connectivity index (χ4v) is 3.57. The lowest BCUT2D eigenvalue weighted by Gasteiger charge is -2.34. The van der Waals surface area contributed by atoms with Gasteiger partial charge >= 0.3 is 0 Å². The number of aromatic nitrogens is 1. The van der Waals surface area contributed by atoms with Crippen LogP contribution in [0.15, 0.2) is 54.7 Å². The molecule has 0 N–H and O–H groups in total. The summed E-state index contributed by atoms with van der Waals surface area (Å²) in [5.74, 6) is -0.509. The number of para-hydroxylation sites is 1. The van der Waals surface area contributed by atoms with Gasteiger partial charge in [-0.2, -0.15) is 0 Å². The Kier molecular flexibility index (Phi) is 4.39. The van der Waals surface area contributed by atoms with Gasteiger partial charge in [0.05, 0.1) is 5.56 Å². The Morgan fingerprint density at radius 1 is 0.852 bits per heavy atom. The summed E-state index contributed by atoms with van der Waals surface area (Å²) >= 11 is 0. The second-order valence-corrected chi connectivity index (χ2v) is 6.76. The van der Waals surface area contributed by atoms with Crippen LogP contribution in [0.2, 0.25) is 0 Å². The highest BCUT2D eigenvalue weighted by Gasteiger charge is 2.27. The van der Waals surface area contributed by atoms with Gasteiger partial charge in [-0.1, -0.05) is 18.2 Å². The van der Waals surface area contributed by atoms with Crippen molar-refractivity contribution >= 4 is 22.7 Å². The number of rotatable bonds is 2. The van der Waals surface area contributed by atoms with Gasteiger partial charge in [0.25, 0.3) is 11.8 Å². The Hall–Kier alpha value is -3.15. The SMILES string of the molecule is Cn1cc(C(=O)N2CCN(C(=O)c3ccc(F)cc3)CC2)c2ccccc21. The molecule has 0 spiro atoms. The van der Waals surface area contributed by atoms with Crippen molar-refractivity contribution in [1.29, 1.82) is 0 Å². The molecule has 6 heteroatoms. The van der Waals surface area contributed by atoms with E-state index in [0.717, 1.165) is 10.9 Å². The molecule has 0 bridgehead atoms. The van der Waals surface area contributed by atoms with E-state index in [1.165, 1.54) is 24.3 Å². The zero-order valence-electron chi connectivity index (χ0n) is 15.1. The molecule has 2 amide bonds. The summed E-state index contributed by atoms with van der Waals surface area (Å²) in [5, 5.41) is 0.940. The van der Waals surface area contributed by atoms with Gasteiger partial charge in [-0.05, 0) is 30.3 Å². The van der Waals surface area contributed by atoms with E-state index >= 15 is 0 Å². The second kappa shape index (κ2) is 6.87. The molecular formula is C21H20FN3O2. The predicted molar refractivity (Wildman–Crippen MR) is 101 cm³/mol. The van der Waals surface area contributed by atoms with Gasteiger partial charge in [0.1, 0.15) is 5.82 Å². The van der Waals surface area contributed by atoms with Crippen LogP contribution in [-0.2, 0) is 7.05 Å². The van der Waals surface area contributed by atoms with E-state index in [2.05, 4.69) is 0 Å². The molecule has 1 fully saturated rings. The molecule has 0 radical (unpaired) electrons. The highest BCUT2D eigenvalue weighted by atomic mass is 19.1. The molecule has 0 unspecified atom stereocenters. The number of amides is 2. The quantitative estimate of drug-likeness (QED) is 0.701. The molecule has 1 aliphatic heterocycles. The highest BCUT2D eigenvalue weighted by molar-refractivity contribution is 6.07. The minimum Gasteiger partial charge on any atom is -0.350 e. The van der Waals surface area contributed by atoms with Crippen molar-refractivity contribution in [1.82, 2.24) is 14.4 Å². The zero-order valence-corrected chi connectivity index (χ0v) is 15.1. The molecule has 0 saturated carbocycles. The van der Waals surface area contributed by atoms with E-state index in [0.29, 0.717) is 37.3 Å². The van der Waals surface area contributed by atoms with Crippen molar-refractivity contribution in [3.05, 3.63) is 71.7 Å². The van der Waals surface area contributed by atoms with Crippen molar-refractivity contribution in [3.63, 3.8) is 0 Å². The van der Waals surface area contributed by atoms with E-state index in [9.17, 15) is 14.0 Å². The van der Waals surface area contributed by atoms with Crippen molar-refractivity contribution in [3.8, 4) is 0 Å². The Morgan fingerprint density at radius 2 is 1.44 bits per heavy atom. The van der Waals surface area contributed by atoms with Gasteiger partial charge in [0, 0.05) is 55.9 Å². The van der Waals surface area contributed by atoms with Gasteiger partial charge in [-0.15, -0.1) is 0 Å². The first-order chi connectivity index (χ1) is 13.0. The first-order valence-corrected chi connectivity index (χ1v) is 8.93. The van der Waals surface area contributed by atoms with Crippen LogP contribution in [0.25, 0.3) is 10.9 Å². The smallest absolute Gasteiger partial charge is 0.256 e. The number of benzene rings is 2. The zero-order chi connectivity index (χ0) is 19.0. The lowest BCUT2D eigenvalue weighted by molar-refractivity contribution is 0.0536. The highest BCUT2D eigenvalue weighted by Crippen LogP contribution is 2.22. The van der Waals surface area contributed by atoms with Crippen LogP contribution in [0.1, 0.15) is 20.7 Å². The maximum absolute atomic E-state index is 13.0. The summed E-state index contributed by atoms with van der Waals surface area (Å²) < 4.78 is 15.0. The van der Waals surface area contributed by atoms with Crippen LogP contribution in [0.3, 0.4) is 0 Å². The normalized spacial score (nSPS) is 14.6. The molecule has 3 aromatic rings. The number of hydrogen-bond donors (Lipinski definition) is 0. The van der Waals surface area contributed by atoms with Gasteiger partial charge < -0.3 is 14.4 Å². The fourth-order valence-electron chi connectivity index (χ4n) is 3.57. The molecular weight excluding hydrogens is 345 g/mol. The lowest BCUT2D eigenvalue weighted by Crippen LogP contribution is -2.50. The van der Waals surface area contributed by atoms with Gasteiger partial charge in [-0.3, -0.25) is 9.59 Å². The number of piperazine rings is 1. The van der Waals surface area contributed by atoms with Gasteiger partial charge in [-0.25, -0.2) is 4.39 Å². The van der Waals surface area contributed by atoms with Crippen LogP contribution in [0, 0.1) is 5.82 Å². The number of carbonyl (C=O) groups excluding carboxylic acids is 2. The third-order valence-corrected chi connectivity index (χ3v) is 5.07. The molecule has 0 atom stereocenters. The summed E-state index contributed by atoms with van der Waals surface area (Å²) in [6.07, 6.45) is 1.86. The van der Waals surface area contributed by atoms with Crippen molar-refractivity contribution in [2.75, 3.05) is 26.2 Å². The first kappa shape index (κ1) is 17.3. The molecule has 1 saturated heterocycles. The van der Waals surface area contributed by atoms with Crippen LogP contribution < -0.4 is 0 Å². The molecule has 0 aliphatic carbocycles. The first-order valence-electron chi connectivity index (χ1n) is 8.93. The number of aryl methyl sites for hydroxylation is 1. The van der Waals surface area contributed by atoms with Crippen LogP contribution in [-0.4, -0.2) is 52.4 Å². The van der Waals surface area contributed by atoms with Gasteiger partial charge in [0.2, 0.25) is 0 Å². The van der Waals surface area contributed by atoms with Crippen molar-refractivity contribution < 1.29 is 14.0 Å². The number of carbonyl (C=O) groups is 2. The number of nitrogens with zero attached hydrogens (tertiary/aromatic N) is 3. The number of fused-ring (bicyclic) bond motifs is 1. The van der Waals surface area contributed by atoms with E-state index in [1.54, 1.807) is 9.80 Å². The maximum Gasteiger partial charge on any atom is 0.256 e. The Bertz CT molecular complexity index is 1000. The molecule has 27 heavy (non-hydrogen) atoms. The summed E-state index contributed by atoms with van der Waals surface area (Å²) in [6.45, 7) is 1.89. The third-order valence-electron chi connectivity index (χ3n) is 5.07. The lowest BCUT2D eigenvalue weighted by atomic mass is 10.1. The second-order valence-electron chi connectivity index (χ2n) is 6.76. The summed E-state index contributed by atoms with van der Waals surface area (Å²) in [5.41, 5.74) is 2.17. The molecule has 1 aliphatic rings. The number of halogens is 1. The van der Waals surface area contributed by atoms with E-state index in [1.807, 2.05) is 42.1 Å². The van der Waals surface area contributed by atoms with Crippen molar-refractivity contribution in [2.45, 2.75) is 0 Å². The molecule has 2 aromatic carbocycles. The molecule has 2 heterocycles. The van der Waals surface area contributed by atoms with E-state index < -0.39 is 0 Å². The van der Waals surface area contributed by atoms with E-state index in [-0.39, 0.29) is 17.6 Å². The summed E-state index contributed by atoms with van der Waals surface area (Å²) in [6, 6.07) is 13.4. The van der Waals surface area contributed by atoms with Crippen molar-refractivity contribution in [2.24, 2.45) is 7.05 Å². The van der Waals surface area contributed by atoms with E-state index in [4.69, 9.17) is 0 Å². The Labute approximate surface area is 156 Å². The molecule has 1 aromatic heterocycles. The summed E-state index contributed by atoms with van der Waals surface area (Å²) in [7, 11) is 1.93. The largest absolute Gasteiger partial charge is 0.350 e. The minimum atomic E-state index is -0.364. The fraction of sp³-hybridized carbons (Fsp3) is 0.238. The van der Waals surface area contributed by atoms with Crippen LogP contribution in [0.4, 0.5) is 4.39 Å². The maximum atomic E-state index is 13.0. The third kappa shape index (κ3) is 3.18. The monoisotopic (exact) mass is 365 g/mol. The van der Waals surface area contributed by atoms with Crippen LogP contribution in [0.5, 0.6) is 0 Å².